The molecule has 0 saturated heterocycles. The van der Waals surface area contributed by atoms with Crippen LogP contribution in [0.25, 0.3) is 11.1 Å². The second-order valence-corrected chi connectivity index (χ2v) is 8.74. The lowest BCUT2D eigenvalue weighted by atomic mass is 9.91. The quantitative estimate of drug-likeness (QED) is 0.262. The maximum Gasteiger partial charge on any atom is 0.340 e. The van der Waals surface area contributed by atoms with Gasteiger partial charge in [-0.05, 0) is 54.9 Å². The van der Waals surface area contributed by atoms with Gasteiger partial charge in [0.15, 0.2) is 0 Å². The number of ether oxygens (including phenoxy) is 1. The zero-order valence-electron chi connectivity index (χ0n) is 17.3. The smallest absolute Gasteiger partial charge is 0.340 e. The molecular weight excluding hydrogens is 437 g/mol. The number of esters is 1. The molecule has 2 aromatic rings. The molecule has 8 heteroatoms. The molecule has 2 aromatic carbocycles. The number of halogens is 2. The van der Waals surface area contributed by atoms with E-state index in [4.69, 9.17) is 33.8 Å². The minimum Gasteiger partial charge on any atom is -0.465 e. The number of nitrogens with zero attached hydrogens (tertiary/aromatic N) is 1. The van der Waals surface area contributed by atoms with Crippen molar-refractivity contribution in [1.29, 1.82) is 0 Å². The monoisotopic (exact) mass is 461 g/mol. The third-order valence-electron chi connectivity index (χ3n) is 5.67. The summed E-state index contributed by atoms with van der Waals surface area (Å²) in [5.41, 5.74) is 3.98. The van der Waals surface area contributed by atoms with Gasteiger partial charge in [-0.3, -0.25) is 4.79 Å². The third kappa shape index (κ3) is 4.52. The summed E-state index contributed by atoms with van der Waals surface area (Å²) in [6, 6.07) is 9.24. The van der Waals surface area contributed by atoms with Crippen LogP contribution < -0.4 is 16.2 Å². The lowest BCUT2D eigenvalue weighted by Crippen LogP contribution is -2.35. The van der Waals surface area contributed by atoms with Gasteiger partial charge >= 0.3 is 5.97 Å². The predicted molar refractivity (Wildman–Crippen MR) is 123 cm³/mol. The molecule has 1 amide bonds. The predicted octanol–water partition coefficient (Wildman–Crippen LogP) is 4.48. The SMILES string of the molecule is COC(=O)c1ccc(-c2cccc(C(=O)NC3CC3)c2Cl)c(C2CC2)c1N(N)CCCl. The first-order valence-electron chi connectivity index (χ1n) is 10.4. The Balaban J connectivity index is 1.86. The van der Waals surface area contributed by atoms with Crippen molar-refractivity contribution in [1.82, 2.24) is 5.32 Å². The Labute approximate surface area is 191 Å². The summed E-state index contributed by atoms with van der Waals surface area (Å²) in [6.07, 6.45) is 3.97. The maximum atomic E-state index is 12.7. The third-order valence-corrected chi connectivity index (χ3v) is 6.24. The van der Waals surface area contributed by atoms with Crippen molar-refractivity contribution in [2.24, 2.45) is 5.84 Å². The van der Waals surface area contributed by atoms with E-state index in [9.17, 15) is 9.59 Å². The average molecular weight is 462 g/mol. The van der Waals surface area contributed by atoms with Crippen LogP contribution in [0.1, 0.15) is 57.9 Å². The molecule has 2 aliphatic rings. The molecule has 0 bridgehead atoms. The molecule has 0 radical (unpaired) electrons. The van der Waals surface area contributed by atoms with Crippen LogP contribution in [-0.4, -0.2) is 37.5 Å². The van der Waals surface area contributed by atoms with Crippen LogP contribution in [0.5, 0.6) is 0 Å². The normalized spacial score (nSPS) is 15.5. The highest BCUT2D eigenvalue weighted by atomic mass is 35.5. The molecule has 0 spiro atoms. The van der Waals surface area contributed by atoms with Crippen molar-refractivity contribution < 1.29 is 14.3 Å². The van der Waals surface area contributed by atoms with Crippen LogP contribution in [0.15, 0.2) is 30.3 Å². The van der Waals surface area contributed by atoms with E-state index in [0.29, 0.717) is 34.3 Å². The fourth-order valence-corrected chi connectivity index (χ4v) is 4.32. The highest BCUT2D eigenvalue weighted by Crippen LogP contribution is 2.50. The number of hydrogen-bond donors (Lipinski definition) is 2. The number of hydrazine groups is 1. The summed E-state index contributed by atoms with van der Waals surface area (Å²) in [4.78, 5) is 25.2. The summed E-state index contributed by atoms with van der Waals surface area (Å²) in [5, 5.41) is 4.89. The van der Waals surface area contributed by atoms with Gasteiger partial charge in [0.25, 0.3) is 5.91 Å². The van der Waals surface area contributed by atoms with E-state index < -0.39 is 5.97 Å². The number of amides is 1. The summed E-state index contributed by atoms with van der Waals surface area (Å²) in [7, 11) is 1.35. The van der Waals surface area contributed by atoms with Crippen molar-refractivity contribution in [2.45, 2.75) is 37.6 Å². The van der Waals surface area contributed by atoms with Gasteiger partial charge in [0, 0.05) is 24.0 Å². The van der Waals surface area contributed by atoms with Crippen molar-refractivity contribution in [3.05, 3.63) is 52.0 Å². The van der Waals surface area contributed by atoms with Gasteiger partial charge in [0.05, 0.1) is 28.9 Å². The number of hydrogen-bond acceptors (Lipinski definition) is 5. The number of nitrogens with one attached hydrogen (secondary N) is 1. The lowest BCUT2D eigenvalue weighted by molar-refractivity contribution is 0.0601. The molecule has 2 aliphatic carbocycles. The molecule has 0 aliphatic heterocycles. The maximum absolute atomic E-state index is 12.7. The Morgan fingerprint density at radius 1 is 1.13 bits per heavy atom. The molecule has 2 fully saturated rings. The van der Waals surface area contributed by atoms with Crippen molar-refractivity contribution in [3.63, 3.8) is 0 Å². The summed E-state index contributed by atoms with van der Waals surface area (Å²) < 4.78 is 4.99. The number of alkyl halides is 1. The van der Waals surface area contributed by atoms with Gasteiger partial charge in [-0.2, -0.15) is 0 Å². The molecule has 2 saturated carbocycles. The van der Waals surface area contributed by atoms with E-state index >= 15 is 0 Å². The largest absolute Gasteiger partial charge is 0.465 e. The molecule has 6 nitrogen and oxygen atoms in total. The Kier molecular flexibility index (Phi) is 6.42. The van der Waals surface area contributed by atoms with Gasteiger partial charge in [-0.1, -0.05) is 29.8 Å². The Morgan fingerprint density at radius 2 is 1.87 bits per heavy atom. The van der Waals surface area contributed by atoms with Crippen molar-refractivity contribution in [2.75, 3.05) is 24.5 Å². The molecule has 0 heterocycles. The highest BCUT2D eigenvalue weighted by molar-refractivity contribution is 6.36. The number of methoxy groups -OCH3 is 1. The van der Waals surface area contributed by atoms with E-state index in [1.165, 1.54) is 12.1 Å². The van der Waals surface area contributed by atoms with E-state index in [1.54, 1.807) is 12.1 Å². The highest BCUT2D eigenvalue weighted by Gasteiger charge is 2.34. The fraction of sp³-hybridized carbons (Fsp3) is 0.391. The topological polar surface area (TPSA) is 84.7 Å². The van der Waals surface area contributed by atoms with E-state index in [0.717, 1.165) is 42.4 Å². The number of carbonyl (C=O) groups is 2. The number of benzene rings is 2. The first-order chi connectivity index (χ1) is 15.0. The lowest BCUT2D eigenvalue weighted by Gasteiger charge is -2.26. The standard InChI is InChI=1S/C23H25Cl2N3O3/c1-31-23(30)18-10-9-15(19(13-5-6-13)21(18)28(26)12-11-24)16-3-2-4-17(20(16)25)22(29)27-14-7-8-14/h2-4,9-10,13-14H,5-8,11-12,26H2,1H3,(H,27,29). The second kappa shape index (κ2) is 9.07. The summed E-state index contributed by atoms with van der Waals surface area (Å²) in [5.74, 6) is 6.26. The van der Waals surface area contributed by atoms with Gasteiger partial charge in [0.2, 0.25) is 0 Å². The molecule has 0 aromatic heterocycles. The Bertz CT molecular complexity index is 1020. The first kappa shape index (κ1) is 21.9. The summed E-state index contributed by atoms with van der Waals surface area (Å²) >= 11 is 12.7. The molecule has 0 atom stereocenters. The average Bonchev–Trinajstić information content (AvgIpc) is 3.67. The molecule has 3 N–H and O–H groups in total. The zero-order valence-corrected chi connectivity index (χ0v) is 18.8. The van der Waals surface area contributed by atoms with Crippen molar-refractivity contribution in [3.8, 4) is 11.1 Å². The van der Waals surface area contributed by atoms with E-state index in [1.807, 2.05) is 18.2 Å². The number of nitrogens with two attached hydrogens (primary N) is 1. The van der Waals surface area contributed by atoms with E-state index in [2.05, 4.69) is 5.32 Å². The number of rotatable bonds is 8. The Morgan fingerprint density at radius 3 is 2.48 bits per heavy atom. The molecular formula is C23H25Cl2N3O3. The van der Waals surface area contributed by atoms with Crippen molar-refractivity contribution >= 4 is 40.8 Å². The van der Waals surface area contributed by atoms with Crippen LogP contribution in [0.2, 0.25) is 5.02 Å². The minimum absolute atomic E-state index is 0.170. The minimum atomic E-state index is -0.461. The van der Waals surface area contributed by atoms with Crippen LogP contribution >= 0.6 is 23.2 Å². The molecule has 0 unspecified atom stereocenters. The fourth-order valence-electron chi connectivity index (χ4n) is 3.82. The van der Waals surface area contributed by atoms with Gasteiger partial charge in [-0.25, -0.2) is 10.6 Å². The van der Waals surface area contributed by atoms with Crippen LogP contribution in [0.4, 0.5) is 5.69 Å². The van der Waals surface area contributed by atoms with Crippen LogP contribution in [-0.2, 0) is 4.74 Å². The van der Waals surface area contributed by atoms with Gasteiger partial charge < -0.3 is 15.1 Å². The number of anilines is 1. The van der Waals surface area contributed by atoms with Crippen LogP contribution in [0.3, 0.4) is 0 Å². The van der Waals surface area contributed by atoms with E-state index in [-0.39, 0.29) is 17.9 Å². The van der Waals surface area contributed by atoms with Gasteiger partial charge in [0.1, 0.15) is 0 Å². The molecule has 31 heavy (non-hydrogen) atoms. The molecule has 4 rings (SSSR count). The van der Waals surface area contributed by atoms with Crippen LogP contribution in [0, 0.1) is 0 Å². The Hall–Kier alpha value is -2.28. The second-order valence-electron chi connectivity index (χ2n) is 7.99. The number of carbonyl (C=O) groups excluding carboxylic acids is 2. The van der Waals surface area contributed by atoms with Gasteiger partial charge in [-0.15, -0.1) is 11.6 Å². The molecule has 164 valence electrons. The summed E-state index contributed by atoms with van der Waals surface area (Å²) in [6.45, 7) is 0.367. The zero-order chi connectivity index (χ0) is 22.1. The first-order valence-corrected chi connectivity index (χ1v) is 11.3.